The Kier molecular flexibility index (Phi) is 10.3. The van der Waals surface area contributed by atoms with Crippen LogP contribution in [0.2, 0.25) is 5.04 Å². The molecule has 3 aromatic rings. The number of benzene rings is 3. The Morgan fingerprint density at radius 1 is 0.936 bits per heavy atom. The van der Waals surface area contributed by atoms with Crippen molar-refractivity contribution in [3.8, 4) is 5.75 Å². The second-order valence-corrected chi connectivity index (χ2v) is 19.3. The van der Waals surface area contributed by atoms with Gasteiger partial charge in [0.05, 0.1) is 20.3 Å². The van der Waals surface area contributed by atoms with Crippen LogP contribution in [0.1, 0.15) is 59.6 Å². The van der Waals surface area contributed by atoms with E-state index in [1.165, 1.54) is 10.4 Å². The quantitative estimate of drug-likeness (QED) is 0.247. The van der Waals surface area contributed by atoms with Crippen LogP contribution >= 0.6 is 0 Å². The van der Waals surface area contributed by atoms with Crippen molar-refractivity contribution < 1.29 is 23.5 Å². The monoisotopic (exact) mass is 657 g/mol. The van der Waals surface area contributed by atoms with Crippen molar-refractivity contribution in [1.29, 1.82) is 0 Å². The second kappa shape index (κ2) is 13.9. The van der Waals surface area contributed by atoms with Crippen LogP contribution in [0.5, 0.6) is 5.75 Å². The number of carbonyl (C=O) groups is 2. The summed E-state index contributed by atoms with van der Waals surface area (Å²) in [6, 6.07) is 27.1. The van der Waals surface area contributed by atoms with E-state index in [4.69, 9.17) is 13.9 Å². The number of methoxy groups -OCH3 is 1. The summed E-state index contributed by atoms with van der Waals surface area (Å²) < 4.78 is 18.8. The molecule has 2 N–H and O–H groups in total. The fourth-order valence-electron chi connectivity index (χ4n) is 7.49. The molecule has 2 fully saturated rings. The van der Waals surface area contributed by atoms with E-state index in [1.54, 1.807) is 7.11 Å². The first-order chi connectivity index (χ1) is 22.3. The zero-order valence-corrected chi connectivity index (χ0v) is 30.1. The third-order valence-corrected chi connectivity index (χ3v) is 14.6. The molecule has 0 spiro atoms. The number of esters is 1. The Hall–Kier alpha value is -3.50. The molecule has 0 radical (unpaired) electrons. The molecule has 0 unspecified atom stereocenters. The lowest BCUT2D eigenvalue weighted by Crippen LogP contribution is -2.67. The zero-order valence-electron chi connectivity index (χ0n) is 29.1. The van der Waals surface area contributed by atoms with Gasteiger partial charge in [-0.25, -0.2) is 0 Å². The van der Waals surface area contributed by atoms with Crippen LogP contribution in [0.25, 0.3) is 0 Å². The van der Waals surface area contributed by atoms with E-state index in [-0.39, 0.29) is 34.9 Å². The highest BCUT2D eigenvalue weighted by Crippen LogP contribution is 2.40. The highest BCUT2D eigenvalue weighted by Gasteiger charge is 2.54. The van der Waals surface area contributed by atoms with Crippen LogP contribution in [-0.2, 0) is 18.8 Å². The van der Waals surface area contributed by atoms with Crippen LogP contribution < -0.4 is 25.7 Å². The molecule has 47 heavy (non-hydrogen) atoms. The van der Waals surface area contributed by atoms with Crippen molar-refractivity contribution in [2.24, 2.45) is 5.92 Å². The summed E-state index contributed by atoms with van der Waals surface area (Å²) in [4.78, 5) is 29.6. The molecule has 8 nitrogen and oxygen atoms in total. The molecule has 2 heterocycles. The van der Waals surface area contributed by atoms with Crippen LogP contribution in [-0.4, -0.2) is 76.1 Å². The van der Waals surface area contributed by atoms with E-state index in [1.807, 2.05) is 45.0 Å². The smallest absolute Gasteiger partial charge is 0.324 e. The van der Waals surface area contributed by atoms with E-state index >= 15 is 0 Å². The Bertz CT molecular complexity index is 1480. The number of likely N-dealkylation sites (N-methyl/N-ethyl adjacent to an activating group) is 1. The summed E-state index contributed by atoms with van der Waals surface area (Å²) in [5.41, 5.74) is 0.196. The predicted molar refractivity (Wildman–Crippen MR) is 189 cm³/mol. The molecule has 0 aliphatic carbocycles. The second-order valence-electron chi connectivity index (χ2n) is 15.0. The third kappa shape index (κ3) is 7.18. The molecule has 5 rings (SSSR count). The molecule has 2 aliphatic heterocycles. The lowest BCUT2D eigenvalue weighted by molar-refractivity contribution is -0.156. The van der Waals surface area contributed by atoms with E-state index < -0.39 is 25.9 Å². The van der Waals surface area contributed by atoms with Gasteiger partial charge in [-0.1, -0.05) is 99.6 Å². The van der Waals surface area contributed by atoms with Crippen molar-refractivity contribution >= 4 is 30.6 Å². The predicted octanol–water partition coefficient (Wildman–Crippen LogP) is 4.43. The number of nitrogens with zero attached hydrogens (tertiary/aromatic N) is 1. The van der Waals surface area contributed by atoms with E-state index in [0.29, 0.717) is 24.5 Å². The number of hydrogen-bond acceptors (Lipinski definition) is 7. The summed E-state index contributed by atoms with van der Waals surface area (Å²) in [5, 5.41) is 8.87. The summed E-state index contributed by atoms with van der Waals surface area (Å²) in [7, 11) is 0.909. The van der Waals surface area contributed by atoms with Crippen LogP contribution in [0.15, 0.2) is 84.9 Å². The normalized spacial score (nSPS) is 22.7. The summed E-state index contributed by atoms with van der Waals surface area (Å²) in [6.07, 6.45) is 0.818. The van der Waals surface area contributed by atoms with E-state index in [0.717, 1.165) is 6.42 Å². The Labute approximate surface area is 281 Å². The third-order valence-electron chi connectivity index (χ3n) is 9.60. The number of nitrogens with one attached hydrogen (secondary N) is 2. The first-order valence-electron chi connectivity index (χ1n) is 16.6. The maximum Gasteiger partial charge on any atom is 0.324 e. The minimum atomic E-state index is -2.75. The molecule has 1 amide bonds. The van der Waals surface area contributed by atoms with Gasteiger partial charge in [-0.3, -0.25) is 19.8 Å². The largest absolute Gasteiger partial charge is 0.496 e. The summed E-state index contributed by atoms with van der Waals surface area (Å²) >= 11 is 0. The molecule has 2 aliphatic rings. The van der Waals surface area contributed by atoms with Gasteiger partial charge >= 0.3 is 5.97 Å². The van der Waals surface area contributed by atoms with Gasteiger partial charge in [0.2, 0.25) is 5.91 Å². The number of hydrogen-bond donors (Lipinski definition) is 2. The molecule has 3 aromatic carbocycles. The van der Waals surface area contributed by atoms with Crippen molar-refractivity contribution in [2.45, 2.75) is 82.7 Å². The van der Waals surface area contributed by atoms with Crippen LogP contribution in [0, 0.1) is 5.92 Å². The van der Waals surface area contributed by atoms with Crippen molar-refractivity contribution in [2.75, 3.05) is 27.4 Å². The zero-order chi connectivity index (χ0) is 34.0. The lowest BCUT2D eigenvalue weighted by atomic mass is 9.90. The average Bonchev–Trinajstić information content (AvgIpc) is 3.35. The van der Waals surface area contributed by atoms with Crippen molar-refractivity contribution in [3.63, 3.8) is 0 Å². The molecule has 2 saturated heterocycles. The van der Waals surface area contributed by atoms with Gasteiger partial charge in [-0.15, -0.1) is 0 Å². The van der Waals surface area contributed by atoms with Gasteiger partial charge in [-0.05, 0) is 55.7 Å². The van der Waals surface area contributed by atoms with E-state index in [2.05, 4.69) is 104 Å². The maximum absolute atomic E-state index is 13.8. The SMILES string of the molecule is COc1ccccc1[C@H](N[C@@H]1C(=O)OC[C@H]2C[C@@H](CO[Si](c3ccccc3)(c3ccccc3)C(C)(C)C)N(C)[C@H]21)C(=O)NC(C)(C)C. The number of ether oxygens (including phenoxy) is 2. The van der Waals surface area contributed by atoms with Gasteiger partial charge in [0.1, 0.15) is 17.8 Å². The Balaban J connectivity index is 1.45. The minimum Gasteiger partial charge on any atom is -0.496 e. The number of para-hydroxylation sites is 1. The molecular formula is C38H51N3O5Si. The molecule has 252 valence electrons. The molecule has 0 bridgehead atoms. The summed E-state index contributed by atoms with van der Waals surface area (Å²) in [5.74, 6) is 0.0809. The number of carbonyl (C=O) groups excluding carboxylic acids is 2. The molecule has 9 heteroatoms. The highest BCUT2D eigenvalue weighted by atomic mass is 28.4. The van der Waals surface area contributed by atoms with Gasteiger partial charge in [0, 0.05) is 29.1 Å². The average molecular weight is 658 g/mol. The first-order valence-corrected chi connectivity index (χ1v) is 18.5. The fraction of sp³-hybridized carbons (Fsp3) is 0.474. The number of amides is 1. The number of cyclic esters (lactones) is 1. The highest BCUT2D eigenvalue weighted by molar-refractivity contribution is 6.99. The lowest BCUT2D eigenvalue weighted by Gasteiger charge is -2.44. The Morgan fingerprint density at radius 2 is 1.51 bits per heavy atom. The van der Waals surface area contributed by atoms with E-state index in [9.17, 15) is 9.59 Å². The number of likely N-dealkylation sites (tertiary alicyclic amines) is 1. The fourth-order valence-corrected chi connectivity index (χ4v) is 12.1. The van der Waals surface area contributed by atoms with Crippen LogP contribution in [0.4, 0.5) is 0 Å². The first kappa shape index (κ1) is 34.8. The van der Waals surface area contributed by atoms with Crippen molar-refractivity contribution in [3.05, 3.63) is 90.5 Å². The van der Waals surface area contributed by atoms with Gasteiger partial charge < -0.3 is 19.2 Å². The van der Waals surface area contributed by atoms with Gasteiger partial charge in [0.15, 0.2) is 0 Å². The minimum absolute atomic E-state index is 0.0542. The summed E-state index contributed by atoms with van der Waals surface area (Å²) in [6.45, 7) is 13.5. The van der Waals surface area contributed by atoms with Crippen molar-refractivity contribution in [1.82, 2.24) is 15.5 Å². The maximum atomic E-state index is 13.8. The van der Waals surface area contributed by atoms with Crippen LogP contribution in [0.3, 0.4) is 0 Å². The topological polar surface area (TPSA) is 89.1 Å². The standard InChI is InChI=1S/C38H51N3O5Si/c1-37(2,3)40-35(42)32(30-21-15-16-22-31(30)44-8)39-33-34-26(24-45-36(33)43)23-27(41(34)7)25-46-47(38(4,5)6,28-17-11-9-12-18-28)29-19-13-10-14-20-29/h9-22,26-27,32-34,39H,23-25H2,1-8H3,(H,40,42)/t26-,27+,32+,33+,34-/m1/s1. The van der Waals surface area contributed by atoms with Gasteiger partial charge in [0.25, 0.3) is 8.32 Å². The molecular weight excluding hydrogens is 607 g/mol. The number of rotatable bonds is 10. The Morgan fingerprint density at radius 3 is 2.06 bits per heavy atom. The molecule has 5 atom stereocenters. The molecule has 0 saturated carbocycles. The number of fused-ring (bicyclic) bond motifs is 1. The molecule has 0 aromatic heterocycles. The van der Waals surface area contributed by atoms with Gasteiger partial charge in [-0.2, -0.15) is 0 Å².